The second kappa shape index (κ2) is 6.23. The Morgan fingerprint density at radius 3 is 2.76 bits per heavy atom. The molecule has 25 heavy (non-hydrogen) atoms. The molecular weight excluding hydrogens is 322 g/mol. The summed E-state index contributed by atoms with van der Waals surface area (Å²) in [6, 6.07) is 7.21. The molecule has 0 radical (unpaired) electrons. The molecule has 2 N–H and O–H groups in total. The Kier molecular flexibility index (Phi) is 4.24. The minimum absolute atomic E-state index is 0.100. The van der Waals surface area contributed by atoms with Crippen molar-refractivity contribution in [1.29, 1.82) is 0 Å². The predicted octanol–water partition coefficient (Wildman–Crippen LogP) is 2.58. The third kappa shape index (κ3) is 3.35. The summed E-state index contributed by atoms with van der Waals surface area (Å²) in [4.78, 5) is 23.1. The van der Waals surface area contributed by atoms with Crippen LogP contribution < -0.4 is 10.1 Å². The fourth-order valence-electron chi connectivity index (χ4n) is 3.05. The van der Waals surface area contributed by atoms with Gasteiger partial charge in [0.05, 0.1) is 11.7 Å². The van der Waals surface area contributed by atoms with Crippen molar-refractivity contribution in [2.24, 2.45) is 0 Å². The maximum atomic E-state index is 12.3. The summed E-state index contributed by atoms with van der Waals surface area (Å²) < 4.78 is 7.22. The molecule has 0 unspecified atom stereocenters. The van der Waals surface area contributed by atoms with E-state index in [2.05, 4.69) is 10.4 Å². The number of carbonyl (C=O) groups is 2. The van der Waals surface area contributed by atoms with Crippen molar-refractivity contribution in [3.63, 3.8) is 0 Å². The molecule has 0 spiro atoms. The Balaban J connectivity index is 2.04. The summed E-state index contributed by atoms with van der Waals surface area (Å²) in [7, 11) is 0. The third-order valence-corrected chi connectivity index (χ3v) is 4.10. The number of amides is 1. The Labute approximate surface area is 145 Å². The molecule has 1 aliphatic heterocycles. The fourth-order valence-corrected chi connectivity index (χ4v) is 3.05. The van der Waals surface area contributed by atoms with Crippen molar-refractivity contribution < 1.29 is 19.4 Å². The van der Waals surface area contributed by atoms with Crippen LogP contribution in [0.15, 0.2) is 30.5 Å². The van der Waals surface area contributed by atoms with Crippen molar-refractivity contribution in [2.75, 3.05) is 11.9 Å². The molecule has 0 aliphatic carbocycles. The number of nitrogens with zero attached hydrogens (tertiary/aromatic N) is 2. The quantitative estimate of drug-likeness (QED) is 0.890. The molecule has 132 valence electrons. The highest BCUT2D eigenvalue weighted by atomic mass is 16.5. The van der Waals surface area contributed by atoms with Gasteiger partial charge in [-0.3, -0.25) is 4.79 Å². The number of para-hydroxylation sites is 1. The number of hydrogen-bond acceptors (Lipinski definition) is 4. The first-order valence-electron chi connectivity index (χ1n) is 8.09. The highest BCUT2D eigenvalue weighted by Gasteiger charge is 2.33. The summed E-state index contributed by atoms with van der Waals surface area (Å²) >= 11 is 0. The number of carbonyl (C=O) groups excluding carboxylic acids is 1. The molecule has 3 rings (SSSR count). The van der Waals surface area contributed by atoms with Crippen LogP contribution in [-0.2, 0) is 15.1 Å². The summed E-state index contributed by atoms with van der Waals surface area (Å²) in [5.41, 5.74) is 1.41. The number of anilines is 1. The molecule has 0 saturated heterocycles. The molecule has 0 bridgehead atoms. The maximum Gasteiger partial charge on any atom is 0.341 e. The average Bonchev–Trinajstić information content (AvgIpc) is 2.96. The molecule has 1 atom stereocenters. The molecule has 0 saturated carbocycles. The molecule has 0 fully saturated rings. The van der Waals surface area contributed by atoms with Crippen LogP contribution in [0.3, 0.4) is 0 Å². The second-order valence-electron chi connectivity index (χ2n) is 7.06. The van der Waals surface area contributed by atoms with Crippen LogP contribution in [-0.4, -0.2) is 33.4 Å². The van der Waals surface area contributed by atoms with E-state index in [4.69, 9.17) is 9.84 Å². The Hall–Kier alpha value is -2.83. The lowest BCUT2D eigenvalue weighted by molar-refractivity contribution is -0.139. The van der Waals surface area contributed by atoms with Gasteiger partial charge in [-0.1, -0.05) is 18.2 Å². The number of fused-ring (bicyclic) bond motifs is 1. The van der Waals surface area contributed by atoms with E-state index in [1.165, 1.54) is 0 Å². The monoisotopic (exact) mass is 343 g/mol. The van der Waals surface area contributed by atoms with Gasteiger partial charge >= 0.3 is 5.97 Å². The van der Waals surface area contributed by atoms with Crippen LogP contribution in [0.4, 0.5) is 5.82 Å². The molecule has 7 heteroatoms. The van der Waals surface area contributed by atoms with E-state index in [9.17, 15) is 9.59 Å². The third-order valence-electron chi connectivity index (χ3n) is 4.10. The first kappa shape index (κ1) is 17.0. The molecule has 1 amide bonds. The number of benzene rings is 1. The molecule has 7 nitrogen and oxygen atoms in total. The van der Waals surface area contributed by atoms with Gasteiger partial charge in [0.2, 0.25) is 5.91 Å². The number of ether oxygens (including phenoxy) is 1. The highest BCUT2D eigenvalue weighted by molar-refractivity contribution is 5.94. The number of aromatic nitrogens is 2. The summed E-state index contributed by atoms with van der Waals surface area (Å²) in [6.45, 7) is 5.62. The van der Waals surface area contributed by atoms with E-state index in [1.807, 2.05) is 32.9 Å². The van der Waals surface area contributed by atoms with Crippen molar-refractivity contribution in [3.8, 4) is 5.75 Å². The first-order valence-corrected chi connectivity index (χ1v) is 8.09. The summed E-state index contributed by atoms with van der Waals surface area (Å²) in [6.07, 6.45) is 2.02. The van der Waals surface area contributed by atoms with E-state index in [-0.39, 0.29) is 23.8 Å². The van der Waals surface area contributed by atoms with E-state index < -0.39 is 12.6 Å². The molecule has 2 heterocycles. The van der Waals surface area contributed by atoms with Gasteiger partial charge in [-0.05, 0) is 26.8 Å². The lowest BCUT2D eigenvalue weighted by atomic mass is 9.86. The molecule has 1 aromatic heterocycles. The number of hydrogen-bond donors (Lipinski definition) is 2. The van der Waals surface area contributed by atoms with Gasteiger partial charge in [0, 0.05) is 23.5 Å². The molecule has 1 aromatic carbocycles. The van der Waals surface area contributed by atoms with E-state index in [1.54, 1.807) is 23.0 Å². The predicted molar refractivity (Wildman–Crippen MR) is 91.9 cm³/mol. The van der Waals surface area contributed by atoms with Crippen molar-refractivity contribution >= 4 is 17.7 Å². The molecule has 2 aromatic rings. The van der Waals surface area contributed by atoms with Gasteiger partial charge in [-0.15, -0.1) is 0 Å². The zero-order valence-corrected chi connectivity index (χ0v) is 14.4. The largest absolute Gasteiger partial charge is 0.482 e. The molecule has 1 aliphatic rings. The number of aliphatic carboxylic acids is 1. The maximum absolute atomic E-state index is 12.3. The second-order valence-corrected chi connectivity index (χ2v) is 7.06. The number of nitrogens with one attached hydrogen (secondary N) is 1. The lowest BCUT2D eigenvalue weighted by Crippen LogP contribution is -2.30. The number of carboxylic acid groups (broad SMARTS) is 1. The van der Waals surface area contributed by atoms with Crippen molar-refractivity contribution in [3.05, 3.63) is 41.6 Å². The van der Waals surface area contributed by atoms with E-state index in [0.29, 0.717) is 11.6 Å². The Bertz CT molecular complexity index is 820. The van der Waals surface area contributed by atoms with Crippen LogP contribution in [0.2, 0.25) is 0 Å². The van der Waals surface area contributed by atoms with E-state index in [0.717, 1.165) is 11.1 Å². The SMILES string of the molecule is CC(C)(C)n1ncc2c1NC(=O)C[C@H]2c1ccccc1OCC(=O)O. The highest BCUT2D eigenvalue weighted by Crippen LogP contribution is 2.41. The summed E-state index contributed by atoms with van der Waals surface area (Å²) in [5.74, 6) is -0.223. The first-order chi connectivity index (χ1) is 11.8. The van der Waals surface area contributed by atoms with E-state index >= 15 is 0 Å². The van der Waals surface area contributed by atoms with Crippen molar-refractivity contribution in [2.45, 2.75) is 38.6 Å². The Morgan fingerprint density at radius 2 is 2.08 bits per heavy atom. The fraction of sp³-hybridized carbons (Fsp3) is 0.389. The van der Waals surface area contributed by atoms with Crippen LogP contribution in [0.5, 0.6) is 5.75 Å². The van der Waals surface area contributed by atoms with Crippen LogP contribution in [0, 0.1) is 0 Å². The van der Waals surface area contributed by atoms with Crippen LogP contribution in [0.1, 0.15) is 44.2 Å². The minimum atomic E-state index is -1.04. The van der Waals surface area contributed by atoms with Gasteiger partial charge in [0.15, 0.2) is 6.61 Å². The van der Waals surface area contributed by atoms with Gasteiger partial charge in [-0.25, -0.2) is 9.48 Å². The minimum Gasteiger partial charge on any atom is -0.482 e. The Morgan fingerprint density at radius 1 is 1.36 bits per heavy atom. The summed E-state index contributed by atoms with van der Waals surface area (Å²) in [5, 5.41) is 16.2. The number of carboxylic acids is 1. The van der Waals surface area contributed by atoms with Crippen LogP contribution in [0.25, 0.3) is 0 Å². The molecular formula is C18H21N3O4. The normalized spacial score (nSPS) is 16.9. The average molecular weight is 343 g/mol. The van der Waals surface area contributed by atoms with Gasteiger partial charge < -0.3 is 15.2 Å². The standard InChI is InChI=1S/C18H21N3O4/c1-18(2,3)21-17-13(9-19-21)12(8-15(22)20-17)11-6-4-5-7-14(11)25-10-16(23)24/h4-7,9,12H,8,10H2,1-3H3,(H,20,22)(H,23,24)/t12-/m0/s1. The van der Waals surface area contributed by atoms with Crippen LogP contribution >= 0.6 is 0 Å². The topological polar surface area (TPSA) is 93.5 Å². The zero-order valence-electron chi connectivity index (χ0n) is 14.4. The lowest BCUT2D eigenvalue weighted by Gasteiger charge is -2.28. The van der Waals surface area contributed by atoms with Gasteiger partial charge in [0.1, 0.15) is 11.6 Å². The van der Waals surface area contributed by atoms with Gasteiger partial charge in [-0.2, -0.15) is 5.10 Å². The van der Waals surface area contributed by atoms with Gasteiger partial charge in [0.25, 0.3) is 0 Å². The number of rotatable bonds is 4. The smallest absolute Gasteiger partial charge is 0.341 e. The van der Waals surface area contributed by atoms with Crippen molar-refractivity contribution in [1.82, 2.24) is 9.78 Å². The zero-order chi connectivity index (χ0) is 18.2.